The van der Waals surface area contributed by atoms with E-state index in [0.717, 1.165) is 22.6 Å². The summed E-state index contributed by atoms with van der Waals surface area (Å²) in [6.07, 6.45) is 3.95. The van der Waals surface area contributed by atoms with Crippen molar-refractivity contribution in [3.05, 3.63) is 48.8 Å². The third kappa shape index (κ3) is 2.81. The normalized spacial score (nSPS) is 10.8. The topological polar surface area (TPSA) is 38.6 Å². The van der Waals surface area contributed by atoms with E-state index in [1.165, 1.54) is 0 Å². The number of aromatic nitrogens is 2. The molecule has 0 atom stereocenters. The Labute approximate surface area is 122 Å². The first kappa shape index (κ1) is 13.4. The van der Waals surface area contributed by atoms with Crippen molar-refractivity contribution in [2.45, 2.75) is 0 Å². The summed E-state index contributed by atoms with van der Waals surface area (Å²) in [5.41, 5.74) is 3.79. The Morgan fingerprint density at radius 2 is 2.05 bits per heavy atom. The largest absolute Gasteiger partial charge is 0.491 e. The number of ether oxygens (including phenoxy) is 1. The molecule has 108 valence electrons. The van der Waals surface area contributed by atoms with E-state index in [2.05, 4.69) is 10.3 Å². The molecule has 5 heteroatoms. The monoisotopic (exact) mass is 285 g/mol. The highest BCUT2D eigenvalue weighted by Gasteiger charge is 2.05. The van der Waals surface area contributed by atoms with E-state index >= 15 is 0 Å². The molecule has 2 heterocycles. The van der Waals surface area contributed by atoms with E-state index in [4.69, 9.17) is 4.74 Å². The predicted molar refractivity (Wildman–Crippen MR) is 81.6 cm³/mol. The molecule has 3 aromatic rings. The first-order valence-electron chi connectivity index (χ1n) is 6.76. The number of pyridine rings is 1. The SMILES string of the molecule is CNc1ccn2cc(-c3ccc(OCCF)cc3)nc2c1. The number of fused-ring (bicyclic) bond motifs is 1. The van der Waals surface area contributed by atoms with Crippen LogP contribution in [0.5, 0.6) is 5.75 Å². The molecular formula is C16H16FN3O. The number of halogens is 1. The lowest BCUT2D eigenvalue weighted by Crippen LogP contribution is -1.98. The fraction of sp³-hybridized carbons (Fsp3) is 0.188. The van der Waals surface area contributed by atoms with Crippen LogP contribution >= 0.6 is 0 Å². The Bertz CT molecular complexity index is 737. The highest BCUT2D eigenvalue weighted by Crippen LogP contribution is 2.23. The van der Waals surface area contributed by atoms with Crippen molar-refractivity contribution in [1.29, 1.82) is 0 Å². The van der Waals surface area contributed by atoms with Crippen LogP contribution in [0.3, 0.4) is 0 Å². The van der Waals surface area contributed by atoms with Gasteiger partial charge < -0.3 is 14.5 Å². The number of benzene rings is 1. The molecule has 0 spiro atoms. The summed E-state index contributed by atoms with van der Waals surface area (Å²) in [6, 6.07) is 11.5. The van der Waals surface area contributed by atoms with Gasteiger partial charge in [-0.1, -0.05) is 0 Å². The van der Waals surface area contributed by atoms with E-state index in [9.17, 15) is 4.39 Å². The molecule has 0 saturated carbocycles. The molecule has 0 aliphatic heterocycles. The average Bonchev–Trinajstić information content (AvgIpc) is 2.96. The van der Waals surface area contributed by atoms with Crippen molar-refractivity contribution in [3.63, 3.8) is 0 Å². The van der Waals surface area contributed by atoms with Gasteiger partial charge in [-0.05, 0) is 30.3 Å². The molecule has 4 nitrogen and oxygen atoms in total. The van der Waals surface area contributed by atoms with Crippen molar-refractivity contribution in [2.75, 3.05) is 25.6 Å². The first-order chi connectivity index (χ1) is 10.3. The minimum absolute atomic E-state index is 0.0838. The van der Waals surface area contributed by atoms with Crippen LogP contribution in [-0.2, 0) is 0 Å². The van der Waals surface area contributed by atoms with E-state index in [-0.39, 0.29) is 6.61 Å². The zero-order valence-electron chi connectivity index (χ0n) is 11.7. The summed E-state index contributed by atoms with van der Waals surface area (Å²) in [6.45, 7) is -0.400. The van der Waals surface area contributed by atoms with Gasteiger partial charge in [-0.3, -0.25) is 0 Å². The maximum atomic E-state index is 12.1. The van der Waals surface area contributed by atoms with Crippen molar-refractivity contribution in [3.8, 4) is 17.0 Å². The van der Waals surface area contributed by atoms with Crippen LogP contribution in [0.1, 0.15) is 0 Å². The van der Waals surface area contributed by atoms with Gasteiger partial charge in [0.1, 0.15) is 24.7 Å². The standard InChI is InChI=1S/C16H16FN3O/c1-18-13-6-8-20-11-15(19-16(20)10-13)12-2-4-14(5-3-12)21-9-7-17/h2-6,8,10-11,18H,7,9H2,1H3. The van der Waals surface area contributed by atoms with E-state index in [1.807, 2.05) is 60.2 Å². The van der Waals surface area contributed by atoms with Gasteiger partial charge in [0, 0.05) is 36.8 Å². The molecule has 2 aromatic heterocycles. The van der Waals surface area contributed by atoms with Gasteiger partial charge in [-0.15, -0.1) is 0 Å². The summed E-state index contributed by atoms with van der Waals surface area (Å²) >= 11 is 0. The van der Waals surface area contributed by atoms with E-state index in [0.29, 0.717) is 5.75 Å². The molecule has 1 aromatic carbocycles. The molecule has 3 rings (SSSR count). The quantitative estimate of drug-likeness (QED) is 0.781. The number of nitrogens with zero attached hydrogens (tertiary/aromatic N) is 2. The highest BCUT2D eigenvalue weighted by atomic mass is 19.1. The lowest BCUT2D eigenvalue weighted by Gasteiger charge is -2.03. The number of nitrogens with one attached hydrogen (secondary N) is 1. The Kier molecular flexibility index (Phi) is 3.73. The maximum Gasteiger partial charge on any atom is 0.139 e. The minimum Gasteiger partial charge on any atom is -0.491 e. The van der Waals surface area contributed by atoms with Gasteiger partial charge in [0.05, 0.1) is 5.69 Å². The van der Waals surface area contributed by atoms with Crippen molar-refractivity contribution in [2.24, 2.45) is 0 Å². The third-order valence-corrected chi connectivity index (χ3v) is 3.24. The lowest BCUT2D eigenvalue weighted by atomic mass is 10.2. The minimum atomic E-state index is -0.484. The maximum absolute atomic E-state index is 12.1. The molecule has 0 aliphatic rings. The van der Waals surface area contributed by atoms with Gasteiger partial charge in [-0.2, -0.15) is 0 Å². The van der Waals surface area contributed by atoms with Gasteiger partial charge in [0.2, 0.25) is 0 Å². The molecule has 0 bridgehead atoms. The Balaban J connectivity index is 1.89. The lowest BCUT2D eigenvalue weighted by molar-refractivity contribution is 0.273. The Morgan fingerprint density at radius 1 is 1.24 bits per heavy atom. The van der Waals surface area contributed by atoms with Crippen LogP contribution in [0, 0.1) is 0 Å². The zero-order valence-corrected chi connectivity index (χ0v) is 11.7. The molecule has 0 radical (unpaired) electrons. The fourth-order valence-corrected chi connectivity index (χ4v) is 2.15. The summed E-state index contributed by atoms with van der Waals surface area (Å²) in [5, 5.41) is 3.09. The first-order valence-corrected chi connectivity index (χ1v) is 6.76. The predicted octanol–water partition coefficient (Wildman–Crippen LogP) is 3.39. The molecule has 0 fully saturated rings. The third-order valence-electron chi connectivity index (χ3n) is 3.24. The van der Waals surface area contributed by atoms with Gasteiger partial charge in [-0.25, -0.2) is 9.37 Å². The highest BCUT2D eigenvalue weighted by molar-refractivity contribution is 5.65. The zero-order chi connectivity index (χ0) is 14.7. The number of alkyl halides is 1. The summed E-state index contributed by atoms with van der Waals surface area (Å²) < 4.78 is 19.3. The van der Waals surface area contributed by atoms with Gasteiger partial charge in [0.15, 0.2) is 0 Å². The smallest absolute Gasteiger partial charge is 0.139 e. The van der Waals surface area contributed by atoms with E-state index in [1.54, 1.807) is 0 Å². The Hall–Kier alpha value is -2.56. The second-order valence-electron chi connectivity index (χ2n) is 4.62. The second kappa shape index (κ2) is 5.83. The number of imidazole rings is 1. The van der Waals surface area contributed by atoms with Crippen LogP contribution < -0.4 is 10.1 Å². The molecule has 21 heavy (non-hydrogen) atoms. The molecular weight excluding hydrogens is 269 g/mol. The van der Waals surface area contributed by atoms with Crippen molar-refractivity contribution < 1.29 is 9.13 Å². The van der Waals surface area contributed by atoms with Crippen LogP contribution in [0.15, 0.2) is 48.8 Å². The van der Waals surface area contributed by atoms with Crippen LogP contribution in [-0.4, -0.2) is 29.7 Å². The fourth-order valence-electron chi connectivity index (χ4n) is 2.15. The number of anilines is 1. The van der Waals surface area contributed by atoms with Crippen LogP contribution in [0.25, 0.3) is 16.9 Å². The average molecular weight is 285 g/mol. The summed E-state index contributed by atoms with van der Waals surface area (Å²) in [5.74, 6) is 0.664. The van der Waals surface area contributed by atoms with Crippen molar-refractivity contribution in [1.82, 2.24) is 9.38 Å². The summed E-state index contributed by atoms with van der Waals surface area (Å²) in [4.78, 5) is 4.61. The van der Waals surface area contributed by atoms with Crippen LogP contribution in [0.2, 0.25) is 0 Å². The second-order valence-corrected chi connectivity index (χ2v) is 4.62. The van der Waals surface area contributed by atoms with Crippen LogP contribution in [0.4, 0.5) is 10.1 Å². The van der Waals surface area contributed by atoms with E-state index < -0.39 is 6.67 Å². The Morgan fingerprint density at radius 3 is 2.76 bits per heavy atom. The molecule has 0 unspecified atom stereocenters. The molecule has 0 saturated heterocycles. The number of rotatable bonds is 5. The van der Waals surface area contributed by atoms with Crippen molar-refractivity contribution >= 4 is 11.3 Å². The molecule has 0 amide bonds. The summed E-state index contributed by atoms with van der Waals surface area (Å²) in [7, 11) is 1.88. The number of hydrogen-bond donors (Lipinski definition) is 1. The molecule has 1 N–H and O–H groups in total. The van der Waals surface area contributed by atoms with Gasteiger partial charge >= 0.3 is 0 Å². The number of hydrogen-bond acceptors (Lipinski definition) is 3. The van der Waals surface area contributed by atoms with Gasteiger partial charge in [0.25, 0.3) is 0 Å². The molecule has 0 aliphatic carbocycles.